The molecule has 3 heteroatoms. The number of hydrogen-bond acceptors (Lipinski definition) is 1. The second kappa shape index (κ2) is 4.76. The van der Waals surface area contributed by atoms with Crippen molar-refractivity contribution >= 4 is 5.97 Å². The molecule has 0 saturated heterocycles. The molecule has 0 aliphatic rings. The van der Waals surface area contributed by atoms with E-state index in [0.717, 1.165) is 0 Å². The number of rotatable bonds is 1. The van der Waals surface area contributed by atoms with Gasteiger partial charge in [-0.2, -0.15) is 0 Å². The summed E-state index contributed by atoms with van der Waals surface area (Å²) in [6, 6.07) is 0. The van der Waals surface area contributed by atoms with Crippen LogP contribution in [0.1, 0.15) is 13.3 Å². The summed E-state index contributed by atoms with van der Waals surface area (Å²) >= 11 is 0. The second-order valence-electron chi connectivity index (χ2n) is 0.747. The summed E-state index contributed by atoms with van der Waals surface area (Å²) in [6.07, 6.45) is 0.222. The fourth-order valence-corrected chi connectivity index (χ4v) is 0. The molecule has 38 valence electrons. The molecule has 0 atom stereocenters. The Morgan fingerprint density at radius 2 is 2.00 bits per heavy atom. The summed E-state index contributed by atoms with van der Waals surface area (Å²) in [5.74, 6) is -0.745. The molecular weight excluding hydrogens is 103 g/mol. The van der Waals surface area contributed by atoms with Gasteiger partial charge in [-0.1, -0.05) is 6.92 Å². The van der Waals surface area contributed by atoms with Crippen LogP contribution in [0, 0.1) is 0 Å². The van der Waals surface area contributed by atoms with E-state index >= 15 is 0 Å². The monoisotopic (exact) mass is 109 g/mol. The highest BCUT2D eigenvalue weighted by atomic mass is 35.5. The van der Waals surface area contributed by atoms with Gasteiger partial charge in [0.15, 0.2) is 0 Å². The Morgan fingerprint density at radius 1 is 1.83 bits per heavy atom. The van der Waals surface area contributed by atoms with Crippen molar-refractivity contribution in [3.05, 3.63) is 0 Å². The van der Waals surface area contributed by atoms with E-state index in [4.69, 9.17) is 5.11 Å². The number of aliphatic carboxylic acids is 1. The minimum atomic E-state index is -0.745. The molecule has 0 aliphatic heterocycles. The summed E-state index contributed by atoms with van der Waals surface area (Å²) in [7, 11) is 0. The van der Waals surface area contributed by atoms with Gasteiger partial charge in [0.1, 0.15) is 0 Å². The summed E-state index contributed by atoms with van der Waals surface area (Å²) in [4.78, 5) is 9.37. The number of carbonyl (C=O) groups is 1. The van der Waals surface area contributed by atoms with Crippen molar-refractivity contribution < 1.29 is 22.3 Å². The maximum absolute atomic E-state index is 9.37. The highest BCUT2D eigenvalue weighted by Gasteiger charge is 1.80. The van der Waals surface area contributed by atoms with Crippen molar-refractivity contribution in [1.29, 1.82) is 0 Å². The molecule has 0 amide bonds. The summed E-state index contributed by atoms with van der Waals surface area (Å²) in [6.45, 7) is 1.60. The topological polar surface area (TPSA) is 37.3 Å². The first-order valence-electron chi connectivity index (χ1n) is 1.49. The molecule has 0 bridgehead atoms. The molecule has 6 heavy (non-hydrogen) atoms. The third-order valence-electron chi connectivity index (χ3n) is 0.302. The number of hydrogen-bond donors (Lipinski definition) is 1. The Morgan fingerprint density at radius 3 is 2.00 bits per heavy atom. The molecule has 0 aromatic carbocycles. The van der Waals surface area contributed by atoms with Gasteiger partial charge in [0.25, 0.3) is 0 Å². The van der Waals surface area contributed by atoms with Crippen LogP contribution in [-0.2, 0) is 4.79 Å². The molecule has 0 spiro atoms. The minimum absolute atomic E-state index is 0. The van der Waals surface area contributed by atoms with Gasteiger partial charge in [-0.15, -0.1) is 0 Å². The van der Waals surface area contributed by atoms with Gasteiger partial charge >= 0.3 is 5.97 Å². The molecule has 0 rings (SSSR count). The van der Waals surface area contributed by atoms with E-state index in [1.807, 2.05) is 0 Å². The number of carboxylic acids is 1. The van der Waals surface area contributed by atoms with Crippen LogP contribution < -0.4 is 12.4 Å². The van der Waals surface area contributed by atoms with Gasteiger partial charge in [0.2, 0.25) is 0 Å². The van der Waals surface area contributed by atoms with E-state index < -0.39 is 5.97 Å². The second-order valence-corrected chi connectivity index (χ2v) is 0.747. The lowest BCUT2D eigenvalue weighted by Gasteiger charge is -1.71. The highest BCUT2D eigenvalue weighted by Crippen LogP contribution is 1.67. The van der Waals surface area contributed by atoms with E-state index in [-0.39, 0.29) is 18.8 Å². The Balaban J connectivity index is 0. The zero-order chi connectivity index (χ0) is 4.28. The zero-order valence-corrected chi connectivity index (χ0v) is 4.20. The van der Waals surface area contributed by atoms with Crippen LogP contribution in [-0.4, -0.2) is 11.1 Å². The smallest absolute Gasteiger partial charge is 0.303 e. The fourth-order valence-electron chi connectivity index (χ4n) is 0. The van der Waals surface area contributed by atoms with E-state index in [0.29, 0.717) is 0 Å². The van der Waals surface area contributed by atoms with Crippen LogP contribution in [0.25, 0.3) is 0 Å². The van der Waals surface area contributed by atoms with Gasteiger partial charge in [-0.25, -0.2) is 0 Å². The average molecular weight is 110 g/mol. The largest absolute Gasteiger partial charge is 1.00 e. The van der Waals surface area contributed by atoms with E-state index in [2.05, 4.69) is 0 Å². The van der Waals surface area contributed by atoms with E-state index in [1.54, 1.807) is 6.92 Å². The molecule has 0 fully saturated rings. The summed E-state index contributed by atoms with van der Waals surface area (Å²) < 4.78 is 0. The molecule has 0 unspecified atom stereocenters. The number of carboxylic acid groups (broad SMARTS) is 1. The molecule has 0 aromatic heterocycles. The van der Waals surface area contributed by atoms with Gasteiger partial charge in [-0.05, 0) is 0 Å². The lowest BCUT2D eigenvalue weighted by molar-refractivity contribution is -0.136. The Bertz CT molecular complexity index is 44.1. The van der Waals surface area contributed by atoms with Crippen LogP contribution >= 0.6 is 0 Å². The third kappa shape index (κ3) is 9.25. The van der Waals surface area contributed by atoms with Gasteiger partial charge in [0.05, 0.1) is 0 Å². The van der Waals surface area contributed by atoms with Crippen LogP contribution in [0.15, 0.2) is 0 Å². The predicted octanol–water partition coefficient (Wildman–Crippen LogP) is -2.51. The maximum atomic E-state index is 9.37. The molecule has 0 aliphatic carbocycles. The first-order chi connectivity index (χ1) is 2.27. The van der Waals surface area contributed by atoms with Crippen LogP contribution in [0.5, 0.6) is 0 Å². The highest BCUT2D eigenvalue weighted by molar-refractivity contribution is 5.66. The lowest BCUT2D eigenvalue weighted by Crippen LogP contribution is -3.00. The van der Waals surface area contributed by atoms with E-state index in [9.17, 15) is 4.79 Å². The quantitative estimate of drug-likeness (QED) is 0.404. The van der Waals surface area contributed by atoms with Crippen LogP contribution in [0.2, 0.25) is 0 Å². The van der Waals surface area contributed by atoms with Crippen molar-refractivity contribution in [2.75, 3.05) is 0 Å². The Hall–Kier alpha value is -0.240. The molecule has 0 radical (unpaired) electrons. The van der Waals surface area contributed by atoms with Gasteiger partial charge in [-0.3, -0.25) is 4.79 Å². The molecule has 2 nitrogen and oxygen atoms in total. The first kappa shape index (κ1) is 9.23. The van der Waals surface area contributed by atoms with Crippen molar-refractivity contribution in [3.63, 3.8) is 0 Å². The van der Waals surface area contributed by atoms with Gasteiger partial charge in [0, 0.05) is 6.42 Å². The number of halogens is 1. The fraction of sp³-hybridized carbons (Fsp3) is 0.667. The lowest BCUT2D eigenvalue weighted by atomic mass is 10.5. The molecule has 0 saturated carbocycles. The van der Waals surface area contributed by atoms with Crippen molar-refractivity contribution in [3.8, 4) is 0 Å². The van der Waals surface area contributed by atoms with Crippen LogP contribution in [0.4, 0.5) is 0 Å². The summed E-state index contributed by atoms with van der Waals surface area (Å²) in [5.41, 5.74) is 0. The first-order valence-corrected chi connectivity index (χ1v) is 1.49. The average Bonchev–Trinajstić information content (AvgIpc) is 1.38. The summed E-state index contributed by atoms with van der Waals surface area (Å²) in [5, 5.41) is 7.72. The van der Waals surface area contributed by atoms with Gasteiger partial charge < -0.3 is 17.5 Å². The van der Waals surface area contributed by atoms with Crippen molar-refractivity contribution in [1.82, 2.24) is 0 Å². The molecular formula is C3H6ClO2-. The molecule has 0 heterocycles. The Kier molecular flexibility index (Phi) is 7.32. The SMILES string of the molecule is CCC(=O)O.[Cl-]. The van der Waals surface area contributed by atoms with Crippen molar-refractivity contribution in [2.45, 2.75) is 13.3 Å². The Labute approximate surface area is 42.6 Å². The minimum Gasteiger partial charge on any atom is -1.00 e. The standard InChI is InChI=1S/C3H6O2.ClH/c1-2-3(4)5;/h2H2,1H3,(H,4,5);1H/p-1. The predicted molar refractivity (Wildman–Crippen MR) is 17.9 cm³/mol. The maximum Gasteiger partial charge on any atom is 0.303 e. The third-order valence-corrected chi connectivity index (χ3v) is 0.302. The zero-order valence-electron chi connectivity index (χ0n) is 3.44. The molecule has 0 aromatic rings. The van der Waals surface area contributed by atoms with Crippen LogP contribution in [0.3, 0.4) is 0 Å². The van der Waals surface area contributed by atoms with E-state index in [1.165, 1.54) is 0 Å². The normalized spacial score (nSPS) is 6.17. The van der Waals surface area contributed by atoms with Crippen molar-refractivity contribution in [2.24, 2.45) is 0 Å². The molecule has 1 N–H and O–H groups in total.